The van der Waals surface area contributed by atoms with Gasteiger partial charge in [0.15, 0.2) is 0 Å². The van der Waals surface area contributed by atoms with Gasteiger partial charge in [-0.2, -0.15) is 55.1 Å². The minimum atomic E-state index is -5.39. The second-order valence-electron chi connectivity index (χ2n) is 29.1. The van der Waals surface area contributed by atoms with Crippen molar-refractivity contribution in [2.45, 2.75) is 75.4 Å². The number of hydrogen-bond donors (Lipinski definition) is 4. The molecule has 4 N–H and O–H groups in total. The summed E-state index contributed by atoms with van der Waals surface area (Å²) in [6, 6.07) is 35.0. The lowest BCUT2D eigenvalue weighted by atomic mass is 10.1. The lowest BCUT2D eigenvalue weighted by molar-refractivity contribution is -0.125. The number of halogens is 6. The third kappa shape index (κ3) is 23.5. The van der Waals surface area contributed by atoms with Gasteiger partial charge < -0.3 is 63.8 Å². The summed E-state index contributed by atoms with van der Waals surface area (Å²) in [5.41, 5.74) is 8.77. The van der Waals surface area contributed by atoms with E-state index in [1.54, 1.807) is 113 Å². The maximum absolute atomic E-state index is 12.8. The molecule has 1 unspecified atom stereocenters. The zero-order valence-corrected chi connectivity index (χ0v) is 70.3. The molecule has 12 aromatic rings. The molecule has 29 nitrogen and oxygen atoms in total. The molecule has 6 aromatic heterocycles. The average Bonchev–Trinajstić information content (AvgIpc) is 1.49. The van der Waals surface area contributed by atoms with Crippen molar-refractivity contribution in [2.75, 3.05) is 129 Å². The molecule has 2 aliphatic heterocycles. The summed E-state index contributed by atoms with van der Waals surface area (Å²) >= 11 is 0. The molecule has 2 aliphatic rings. The number of benzene rings is 6. The fourth-order valence-corrected chi connectivity index (χ4v) is 15.0. The fourth-order valence-electron chi connectivity index (χ4n) is 14.5. The number of aliphatic hydroxyl groups excluding tert-OH is 1. The van der Waals surface area contributed by atoms with Crippen LogP contribution in [0, 0.1) is 0 Å². The monoisotopic (exact) mass is 1700 g/mol. The van der Waals surface area contributed by atoms with E-state index in [0.29, 0.717) is 107 Å². The Balaban J connectivity index is 0.000000176. The number of aliphatic hydroxyl groups is 1. The van der Waals surface area contributed by atoms with Crippen molar-refractivity contribution in [3.05, 3.63) is 165 Å². The molecule has 4 atom stereocenters. The molecular formula is C83H100F6N20O9S2. The molecule has 8 heterocycles. The first-order valence-electron chi connectivity index (χ1n) is 38.6. The smallest absolute Gasteiger partial charge is 0.497 e. The van der Waals surface area contributed by atoms with Crippen LogP contribution in [0.3, 0.4) is 0 Å². The number of fused-ring (bicyclic) bond motifs is 3. The molecule has 0 amide bonds. The maximum atomic E-state index is 12.8. The van der Waals surface area contributed by atoms with Crippen LogP contribution < -0.4 is 58.5 Å². The largest absolute Gasteiger partial charge is 0.511 e. The number of aryl methyl sites for hydroxylation is 3. The van der Waals surface area contributed by atoms with Gasteiger partial charge in [-0.15, -0.1) is 0 Å². The number of ether oxygens (including phenoxy) is 6. The number of nitrogens with one attached hydrogen (secondary N) is 3. The summed E-state index contributed by atoms with van der Waals surface area (Å²) in [6.45, 7) is 8.55. The number of aromatic nitrogens is 12. The van der Waals surface area contributed by atoms with Crippen molar-refractivity contribution in [1.82, 2.24) is 84.4 Å². The van der Waals surface area contributed by atoms with E-state index < -0.39 is 34.4 Å². The van der Waals surface area contributed by atoms with E-state index >= 15 is 0 Å². The summed E-state index contributed by atoms with van der Waals surface area (Å²) in [6.07, 6.45) is 13.6. The van der Waals surface area contributed by atoms with Crippen molar-refractivity contribution in [3.8, 4) is 68.3 Å². The predicted octanol–water partition coefficient (Wildman–Crippen LogP) is 12.5. The summed E-state index contributed by atoms with van der Waals surface area (Å²) < 4.78 is 139. The van der Waals surface area contributed by atoms with Crippen LogP contribution in [0.1, 0.15) is 39.5 Å². The molecule has 0 radical (unpaired) electrons. The van der Waals surface area contributed by atoms with E-state index in [9.17, 15) is 39.9 Å². The Morgan fingerprint density at radius 3 is 1.25 bits per heavy atom. The third-order valence-corrected chi connectivity index (χ3v) is 21.3. The van der Waals surface area contributed by atoms with Gasteiger partial charge in [-0.1, -0.05) is 0 Å². The van der Waals surface area contributed by atoms with Crippen LogP contribution >= 0.6 is 13.5 Å². The van der Waals surface area contributed by atoms with Gasteiger partial charge in [0.2, 0.25) is 0 Å². The second-order valence-corrected chi connectivity index (χ2v) is 30.8. The highest BCUT2D eigenvalue weighted by atomic mass is 32.2. The number of rotatable bonds is 31. The summed E-state index contributed by atoms with van der Waals surface area (Å²) in [5.74, 6) is 3.77. The number of hydrogen-bond acceptors (Lipinski definition) is 25. The number of piperazine rings is 1. The number of nitrogens with zero attached hydrogens (tertiary/aromatic N) is 17. The van der Waals surface area contributed by atoms with Gasteiger partial charge in [0.1, 0.15) is 34.5 Å². The Labute approximate surface area is 699 Å². The van der Waals surface area contributed by atoms with Gasteiger partial charge >= 0.3 is 21.7 Å². The van der Waals surface area contributed by atoms with Crippen molar-refractivity contribution < 1.29 is 68.3 Å². The topological polar surface area (TPSA) is 293 Å². The van der Waals surface area contributed by atoms with Gasteiger partial charge in [0, 0.05) is 209 Å². The third-order valence-electron chi connectivity index (χ3n) is 20.2. The van der Waals surface area contributed by atoms with Gasteiger partial charge in [0.25, 0.3) is 0 Å². The van der Waals surface area contributed by atoms with Gasteiger partial charge in [0.05, 0.1) is 149 Å². The first kappa shape index (κ1) is 89.6. The van der Waals surface area contributed by atoms with E-state index in [1.165, 1.54) is 14.2 Å². The van der Waals surface area contributed by atoms with Crippen LogP contribution in [0.2, 0.25) is 0 Å². The number of likely N-dealkylation sites (tertiary alicyclic amines) is 1. The highest BCUT2D eigenvalue weighted by Gasteiger charge is 2.46. The Hall–Kier alpha value is -11.2. The van der Waals surface area contributed by atoms with Crippen molar-refractivity contribution in [3.63, 3.8) is 0 Å². The standard InChI is InChI=1S/C29H34F3N7O4S.C29H37N7O2.C25H27F3N6O3.H2S/c1-37-19-20(16-34-37)28-18-33-26-8-7-21(14-27(26)36-28)39(23-12-24(42-2)15-25(13-23)43-3)11-5-10-38-9-4-6-22(38)17-35-44(40,41)29(30,31)32;1-20-17-35(18-21(2)32-20)9-6-10-36(24-11-25(37-4)14-26(12-24)38-5)23-7-8-27-28(13-23)33-29(16-30-27)22-15-31-34(3)19-22;1-33-13-16(10-31-33)24-12-30-22-5-4-17(8-23(22)32-24)34(14-19(35)11-29-15-25(26,27)28)18-6-20(36-2)9-21(7-18)37-3;/h7-8,12-16,18-19,22,35H,4-6,9-11,17H2,1-3H3;7-8,11-16,19-21,32H,6,9-10,17-18H2,1-5H3;4-10,12-13,19,29,35H,11,14-15H2,1-3H3;1H2/t22-;20-,21+;;/m0.../s1. The molecule has 6 aromatic carbocycles. The van der Waals surface area contributed by atoms with Crippen molar-refractivity contribution >= 4 is 90.7 Å². The van der Waals surface area contributed by atoms with Crippen LogP contribution in [0.15, 0.2) is 165 Å². The Bertz CT molecular complexity index is 5460. The van der Waals surface area contributed by atoms with Crippen LogP contribution in [0.4, 0.5) is 60.5 Å². The van der Waals surface area contributed by atoms with Gasteiger partial charge in [-0.3, -0.25) is 33.9 Å². The summed E-state index contributed by atoms with van der Waals surface area (Å²) in [7, 11) is 9.71. The van der Waals surface area contributed by atoms with Crippen LogP contribution in [0.5, 0.6) is 34.5 Å². The van der Waals surface area contributed by atoms with Gasteiger partial charge in [-0.25, -0.2) is 28.1 Å². The number of sulfonamides is 1. The molecule has 37 heteroatoms. The van der Waals surface area contributed by atoms with Crippen molar-refractivity contribution in [1.29, 1.82) is 0 Å². The van der Waals surface area contributed by atoms with Crippen LogP contribution in [-0.2, 0) is 31.2 Å². The quantitative estimate of drug-likeness (QED) is 0.0294. The lowest BCUT2D eigenvalue weighted by Crippen LogP contribution is -2.54. The number of methoxy groups -OCH3 is 6. The van der Waals surface area contributed by atoms with Gasteiger partial charge in [-0.05, 0) is 107 Å². The molecule has 640 valence electrons. The van der Waals surface area contributed by atoms with Crippen LogP contribution in [0.25, 0.3) is 66.9 Å². The Kier molecular flexibility index (Phi) is 30.1. The summed E-state index contributed by atoms with van der Waals surface area (Å²) in [4.78, 5) is 39.0. The molecule has 14 rings (SSSR count). The zero-order chi connectivity index (χ0) is 84.7. The van der Waals surface area contributed by atoms with E-state index in [-0.39, 0.29) is 39.2 Å². The highest BCUT2D eigenvalue weighted by Crippen LogP contribution is 2.39. The van der Waals surface area contributed by atoms with Crippen molar-refractivity contribution in [2.24, 2.45) is 21.1 Å². The first-order chi connectivity index (χ1) is 57.0. The minimum Gasteiger partial charge on any atom is -0.497 e. The fraction of sp³-hybridized carbons (Fsp3) is 0.386. The van der Waals surface area contributed by atoms with E-state index in [2.05, 4.69) is 93.7 Å². The molecular weight excluding hydrogens is 1600 g/mol. The number of anilines is 6. The van der Waals surface area contributed by atoms with E-state index in [4.69, 9.17) is 43.4 Å². The molecule has 0 spiro atoms. The molecule has 2 fully saturated rings. The Morgan fingerprint density at radius 2 is 0.892 bits per heavy atom. The zero-order valence-electron chi connectivity index (χ0n) is 68.5. The minimum absolute atomic E-state index is 0. The summed E-state index contributed by atoms with van der Waals surface area (Å²) in [5, 5.41) is 29.2. The molecule has 120 heavy (non-hydrogen) atoms. The normalized spacial score (nSPS) is 15.4. The molecule has 0 bridgehead atoms. The highest BCUT2D eigenvalue weighted by molar-refractivity contribution is 7.90. The second kappa shape index (κ2) is 40.2. The first-order valence-corrected chi connectivity index (χ1v) is 40.1. The predicted molar refractivity (Wildman–Crippen MR) is 455 cm³/mol. The average molecular weight is 1700 g/mol. The lowest BCUT2D eigenvalue weighted by Gasteiger charge is -2.36. The SMILES string of the molecule is COc1cc(OC)cc(N(CC(O)CNCC(F)(F)F)c2ccc3ncc(-c4cnn(C)c4)nc3c2)c1.COc1cc(OC)cc(N(CCCN2CCC[C@H]2CNS(=O)(=O)C(F)(F)F)c2ccc3ncc(-c4cnn(C)c4)nc3c2)c1.COc1cc(OC)cc(N(CCCN2C[C@@H](C)N[C@@H](C)C2)c2ccc3ncc(-c4cnn(C)c4)nc3c2)c1.S. The maximum Gasteiger partial charge on any atom is 0.511 e. The number of alkyl halides is 6. The van der Waals surface area contributed by atoms with E-state index in [1.807, 2.05) is 105 Å². The van der Waals surface area contributed by atoms with Crippen LogP contribution in [-0.4, -0.2) is 233 Å². The van der Waals surface area contributed by atoms with E-state index in [0.717, 1.165) is 112 Å². The Morgan fingerprint density at radius 1 is 0.517 bits per heavy atom. The molecule has 0 aliphatic carbocycles. The molecule has 2 saturated heterocycles. The molecule has 0 saturated carbocycles.